The van der Waals surface area contributed by atoms with E-state index in [9.17, 15) is 4.79 Å². The standard InChI is InChI=1S/C13H10BrNO3/c14-11-7-6-10(12(15-11)13(16)17)18-8-9-4-2-1-3-5-9/h1-7H,8H2,(H,16,17). The second-order valence-electron chi connectivity index (χ2n) is 3.56. The molecule has 0 aliphatic rings. The third-order valence-corrected chi connectivity index (χ3v) is 2.71. The molecule has 2 aromatic rings. The summed E-state index contributed by atoms with van der Waals surface area (Å²) in [7, 11) is 0. The first-order chi connectivity index (χ1) is 8.66. The number of rotatable bonds is 4. The summed E-state index contributed by atoms with van der Waals surface area (Å²) in [4.78, 5) is 14.9. The van der Waals surface area contributed by atoms with Crippen molar-refractivity contribution in [1.29, 1.82) is 0 Å². The second kappa shape index (κ2) is 5.64. The number of benzene rings is 1. The Labute approximate surface area is 112 Å². The van der Waals surface area contributed by atoms with Crippen LogP contribution < -0.4 is 4.74 Å². The fourth-order valence-corrected chi connectivity index (χ4v) is 1.74. The Morgan fingerprint density at radius 3 is 2.61 bits per heavy atom. The highest BCUT2D eigenvalue weighted by Gasteiger charge is 2.13. The molecule has 4 nitrogen and oxygen atoms in total. The largest absolute Gasteiger partial charge is 0.486 e. The first-order valence-electron chi connectivity index (χ1n) is 5.23. The predicted molar refractivity (Wildman–Crippen MR) is 69.7 cm³/mol. The molecule has 0 aliphatic heterocycles. The highest BCUT2D eigenvalue weighted by molar-refractivity contribution is 9.10. The lowest BCUT2D eigenvalue weighted by Gasteiger charge is -2.08. The van der Waals surface area contributed by atoms with Gasteiger partial charge in [-0.3, -0.25) is 0 Å². The molecule has 1 aromatic carbocycles. The van der Waals surface area contributed by atoms with Crippen molar-refractivity contribution in [2.45, 2.75) is 6.61 Å². The number of hydrogen-bond acceptors (Lipinski definition) is 3. The average Bonchev–Trinajstić information content (AvgIpc) is 2.38. The van der Waals surface area contributed by atoms with E-state index in [4.69, 9.17) is 9.84 Å². The summed E-state index contributed by atoms with van der Waals surface area (Å²) in [5.41, 5.74) is 0.872. The molecule has 0 radical (unpaired) electrons. The van der Waals surface area contributed by atoms with Crippen molar-refractivity contribution in [2.24, 2.45) is 0 Å². The SMILES string of the molecule is O=C(O)c1nc(Br)ccc1OCc1ccccc1. The van der Waals surface area contributed by atoms with Crippen LogP contribution in [0.15, 0.2) is 47.1 Å². The van der Waals surface area contributed by atoms with Gasteiger partial charge in [-0.15, -0.1) is 0 Å². The lowest BCUT2D eigenvalue weighted by Crippen LogP contribution is -2.06. The number of carboxylic acid groups (broad SMARTS) is 1. The highest BCUT2D eigenvalue weighted by atomic mass is 79.9. The third-order valence-electron chi connectivity index (χ3n) is 2.26. The van der Waals surface area contributed by atoms with Crippen LogP contribution in [-0.2, 0) is 6.61 Å². The van der Waals surface area contributed by atoms with Crippen molar-refractivity contribution in [3.05, 3.63) is 58.3 Å². The summed E-state index contributed by atoms with van der Waals surface area (Å²) >= 11 is 3.13. The van der Waals surface area contributed by atoms with Gasteiger partial charge in [-0.25, -0.2) is 9.78 Å². The summed E-state index contributed by atoms with van der Waals surface area (Å²) in [5, 5.41) is 9.02. The van der Waals surface area contributed by atoms with E-state index in [1.165, 1.54) is 0 Å². The van der Waals surface area contributed by atoms with E-state index in [-0.39, 0.29) is 11.4 Å². The van der Waals surface area contributed by atoms with E-state index >= 15 is 0 Å². The van der Waals surface area contributed by atoms with Crippen molar-refractivity contribution in [2.75, 3.05) is 0 Å². The van der Waals surface area contributed by atoms with Crippen LogP contribution in [0.2, 0.25) is 0 Å². The number of pyridine rings is 1. The number of ether oxygens (including phenoxy) is 1. The molecule has 1 N–H and O–H groups in total. The second-order valence-corrected chi connectivity index (χ2v) is 4.37. The lowest BCUT2D eigenvalue weighted by molar-refractivity contribution is 0.0684. The molecule has 18 heavy (non-hydrogen) atoms. The number of nitrogens with zero attached hydrogens (tertiary/aromatic N) is 1. The van der Waals surface area contributed by atoms with Gasteiger partial charge in [0.2, 0.25) is 0 Å². The Bertz CT molecular complexity index is 557. The normalized spacial score (nSPS) is 10.1. The van der Waals surface area contributed by atoms with E-state index in [1.54, 1.807) is 12.1 Å². The van der Waals surface area contributed by atoms with Crippen LogP contribution in [0.4, 0.5) is 0 Å². The van der Waals surface area contributed by atoms with Gasteiger partial charge in [-0.1, -0.05) is 30.3 Å². The van der Waals surface area contributed by atoms with E-state index in [0.29, 0.717) is 11.2 Å². The zero-order chi connectivity index (χ0) is 13.0. The van der Waals surface area contributed by atoms with Gasteiger partial charge in [0, 0.05) is 0 Å². The fourth-order valence-electron chi connectivity index (χ4n) is 1.43. The van der Waals surface area contributed by atoms with Gasteiger partial charge in [0.25, 0.3) is 0 Å². The summed E-state index contributed by atoms with van der Waals surface area (Å²) < 4.78 is 5.94. The quantitative estimate of drug-likeness (QED) is 0.882. The Balaban J connectivity index is 2.17. The number of halogens is 1. The van der Waals surface area contributed by atoms with E-state index in [2.05, 4.69) is 20.9 Å². The monoisotopic (exact) mass is 307 g/mol. The molecule has 5 heteroatoms. The Hall–Kier alpha value is -1.88. The van der Waals surface area contributed by atoms with Crippen LogP contribution in [0, 0.1) is 0 Å². The predicted octanol–water partition coefficient (Wildman–Crippen LogP) is 3.12. The summed E-state index contributed by atoms with van der Waals surface area (Å²) in [6.45, 7) is 0.310. The molecule has 0 saturated heterocycles. The van der Waals surface area contributed by atoms with Gasteiger partial charge >= 0.3 is 5.97 Å². The number of aromatic nitrogens is 1. The first-order valence-corrected chi connectivity index (χ1v) is 6.02. The van der Waals surface area contributed by atoms with Crippen molar-refractivity contribution in [3.8, 4) is 5.75 Å². The molecule has 0 saturated carbocycles. The van der Waals surface area contributed by atoms with E-state index < -0.39 is 5.97 Å². The molecule has 0 aliphatic carbocycles. The number of carboxylic acids is 1. The zero-order valence-corrected chi connectivity index (χ0v) is 10.9. The molecule has 0 spiro atoms. The van der Waals surface area contributed by atoms with Gasteiger partial charge in [0.05, 0.1) is 0 Å². The fraction of sp³-hybridized carbons (Fsp3) is 0.0769. The molecule has 0 amide bonds. The van der Waals surface area contributed by atoms with Gasteiger partial charge < -0.3 is 9.84 Å². The maximum Gasteiger partial charge on any atom is 0.358 e. The lowest BCUT2D eigenvalue weighted by atomic mass is 10.2. The Kier molecular flexibility index (Phi) is 3.94. The molecule has 2 rings (SSSR count). The number of carbonyl (C=O) groups is 1. The van der Waals surface area contributed by atoms with Crippen LogP contribution >= 0.6 is 15.9 Å². The van der Waals surface area contributed by atoms with Gasteiger partial charge in [-0.05, 0) is 33.6 Å². The van der Waals surface area contributed by atoms with E-state index in [1.807, 2.05) is 30.3 Å². The smallest absolute Gasteiger partial charge is 0.358 e. The van der Waals surface area contributed by atoms with Crippen LogP contribution in [0.25, 0.3) is 0 Å². The minimum atomic E-state index is -1.11. The van der Waals surface area contributed by atoms with Crippen LogP contribution in [-0.4, -0.2) is 16.1 Å². The molecule has 0 unspecified atom stereocenters. The number of hydrogen-bond donors (Lipinski definition) is 1. The maximum absolute atomic E-state index is 11.0. The number of aromatic carboxylic acids is 1. The summed E-state index contributed by atoms with van der Waals surface area (Å²) in [6.07, 6.45) is 0. The van der Waals surface area contributed by atoms with Gasteiger partial charge in [-0.2, -0.15) is 0 Å². The Morgan fingerprint density at radius 1 is 1.22 bits per heavy atom. The minimum absolute atomic E-state index is 0.0969. The average molecular weight is 308 g/mol. The van der Waals surface area contributed by atoms with Crippen LogP contribution in [0.5, 0.6) is 5.75 Å². The highest BCUT2D eigenvalue weighted by Crippen LogP contribution is 2.20. The summed E-state index contributed by atoms with van der Waals surface area (Å²) in [5.74, 6) is -0.853. The molecule has 1 aromatic heterocycles. The third kappa shape index (κ3) is 3.07. The summed E-state index contributed by atoms with van der Waals surface area (Å²) in [6, 6.07) is 12.8. The van der Waals surface area contributed by atoms with Crippen molar-refractivity contribution in [1.82, 2.24) is 4.98 Å². The van der Waals surface area contributed by atoms with Crippen molar-refractivity contribution >= 4 is 21.9 Å². The topological polar surface area (TPSA) is 59.4 Å². The molecule has 0 atom stereocenters. The molecule has 1 heterocycles. The van der Waals surface area contributed by atoms with Gasteiger partial charge in [0.15, 0.2) is 11.4 Å². The molecule has 0 bridgehead atoms. The first kappa shape index (κ1) is 12.6. The van der Waals surface area contributed by atoms with Crippen LogP contribution in [0.1, 0.15) is 16.1 Å². The molecular weight excluding hydrogens is 298 g/mol. The zero-order valence-electron chi connectivity index (χ0n) is 9.34. The Morgan fingerprint density at radius 2 is 1.94 bits per heavy atom. The molecular formula is C13H10BrNO3. The molecule has 92 valence electrons. The van der Waals surface area contributed by atoms with Gasteiger partial charge in [0.1, 0.15) is 11.2 Å². The molecule has 0 fully saturated rings. The maximum atomic E-state index is 11.0. The van der Waals surface area contributed by atoms with E-state index in [0.717, 1.165) is 5.56 Å². The van der Waals surface area contributed by atoms with Crippen molar-refractivity contribution < 1.29 is 14.6 Å². The minimum Gasteiger partial charge on any atom is -0.486 e. The van der Waals surface area contributed by atoms with Crippen molar-refractivity contribution in [3.63, 3.8) is 0 Å². The van der Waals surface area contributed by atoms with Crippen LogP contribution in [0.3, 0.4) is 0 Å².